The fourth-order valence-corrected chi connectivity index (χ4v) is 3.59. The minimum atomic E-state index is 0.270. The molecule has 3 rings (SSSR count). The highest BCUT2D eigenvalue weighted by Gasteiger charge is 2.14. The fourth-order valence-electron chi connectivity index (χ4n) is 2.59. The molecule has 0 amide bonds. The average molecular weight is 289 g/mol. The molecule has 1 N–H and O–H groups in total. The van der Waals surface area contributed by atoms with Crippen LogP contribution in [0.1, 0.15) is 32.1 Å². The Morgan fingerprint density at radius 2 is 2.00 bits per heavy atom. The van der Waals surface area contributed by atoms with Crippen molar-refractivity contribution in [2.45, 2.75) is 38.1 Å². The maximum Gasteiger partial charge on any atom is 0.203 e. The second-order valence-corrected chi connectivity index (χ2v) is 6.21. The Morgan fingerprint density at radius 1 is 1.25 bits per heavy atom. The fraction of sp³-hybridized carbons (Fsp3) is 0.467. The molecule has 20 heavy (non-hydrogen) atoms. The number of para-hydroxylation sites is 1. The lowest BCUT2D eigenvalue weighted by Crippen LogP contribution is -2.18. The van der Waals surface area contributed by atoms with Crippen LogP contribution in [0.15, 0.2) is 29.3 Å². The normalized spacial score (nSPS) is 17.6. The predicted octanol–water partition coefficient (Wildman–Crippen LogP) is 3.09. The van der Waals surface area contributed by atoms with Crippen molar-refractivity contribution in [3.8, 4) is 16.3 Å². The molecule has 1 aromatic heterocycles. The third-order valence-corrected chi connectivity index (χ3v) is 4.75. The number of aromatic hydroxyl groups is 1. The van der Waals surface area contributed by atoms with Crippen LogP contribution in [0.3, 0.4) is 0 Å². The molecule has 0 saturated heterocycles. The van der Waals surface area contributed by atoms with Gasteiger partial charge in [0.15, 0.2) is 5.01 Å². The van der Waals surface area contributed by atoms with Gasteiger partial charge >= 0.3 is 0 Å². The highest BCUT2D eigenvalue weighted by atomic mass is 32.1. The quantitative estimate of drug-likeness (QED) is 0.923. The molecule has 0 unspecified atom stereocenters. The molecule has 0 bridgehead atoms. The largest absolute Gasteiger partial charge is 0.507 e. The molecule has 1 fully saturated rings. The Labute approximate surface area is 122 Å². The zero-order chi connectivity index (χ0) is 13.9. The molecule has 0 spiro atoms. The van der Waals surface area contributed by atoms with Crippen molar-refractivity contribution in [1.29, 1.82) is 0 Å². The molecule has 1 saturated carbocycles. The van der Waals surface area contributed by atoms with Gasteiger partial charge in [-0.2, -0.15) is 5.10 Å². The number of phenols is 1. The van der Waals surface area contributed by atoms with E-state index in [1.165, 1.54) is 32.1 Å². The van der Waals surface area contributed by atoms with Gasteiger partial charge in [-0.3, -0.25) is 4.99 Å². The lowest BCUT2D eigenvalue weighted by Gasteiger charge is -2.16. The number of benzene rings is 1. The number of hydrogen-bond donors (Lipinski definition) is 1. The third kappa shape index (κ3) is 2.77. The van der Waals surface area contributed by atoms with Gasteiger partial charge in [-0.25, -0.2) is 4.68 Å². The smallest absolute Gasteiger partial charge is 0.203 e. The number of aryl methyl sites for hydroxylation is 1. The Bertz CT molecular complexity index is 653. The van der Waals surface area contributed by atoms with Gasteiger partial charge in [0.1, 0.15) is 5.75 Å². The SMILES string of the molecule is Cn1nc(-c2ccccc2O)s/c1=N/C1CCCCC1. The van der Waals surface area contributed by atoms with E-state index in [1.807, 2.05) is 29.9 Å². The van der Waals surface area contributed by atoms with E-state index in [9.17, 15) is 5.11 Å². The van der Waals surface area contributed by atoms with E-state index in [0.717, 1.165) is 15.4 Å². The third-order valence-electron chi connectivity index (χ3n) is 3.71. The van der Waals surface area contributed by atoms with Crippen LogP contribution in [0, 0.1) is 0 Å². The summed E-state index contributed by atoms with van der Waals surface area (Å²) in [6.07, 6.45) is 6.27. The second kappa shape index (κ2) is 5.79. The zero-order valence-electron chi connectivity index (χ0n) is 11.6. The van der Waals surface area contributed by atoms with E-state index >= 15 is 0 Å². The molecule has 5 heteroatoms. The Hall–Kier alpha value is -1.62. The summed E-state index contributed by atoms with van der Waals surface area (Å²) in [5, 5.41) is 15.2. The number of phenolic OH excluding ortho intramolecular Hbond substituents is 1. The van der Waals surface area contributed by atoms with Gasteiger partial charge in [0.2, 0.25) is 4.80 Å². The van der Waals surface area contributed by atoms with E-state index in [0.29, 0.717) is 6.04 Å². The Morgan fingerprint density at radius 3 is 2.75 bits per heavy atom. The first-order valence-electron chi connectivity index (χ1n) is 7.10. The summed E-state index contributed by atoms with van der Waals surface area (Å²) < 4.78 is 1.82. The molecule has 1 aliphatic carbocycles. The van der Waals surface area contributed by atoms with Crippen molar-refractivity contribution in [1.82, 2.24) is 9.78 Å². The number of nitrogens with zero attached hydrogens (tertiary/aromatic N) is 3. The minimum Gasteiger partial charge on any atom is -0.507 e. The summed E-state index contributed by atoms with van der Waals surface area (Å²) in [6.45, 7) is 0. The summed E-state index contributed by atoms with van der Waals surface area (Å²) in [5.74, 6) is 0.270. The average Bonchev–Trinajstić information content (AvgIpc) is 2.81. The van der Waals surface area contributed by atoms with Gasteiger partial charge in [0.05, 0.1) is 11.6 Å². The van der Waals surface area contributed by atoms with E-state index in [-0.39, 0.29) is 5.75 Å². The number of hydrogen-bond acceptors (Lipinski definition) is 4. The first kappa shape index (κ1) is 13.4. The van der Waals surface area contributed by atoms with Crippen LogP contribution in [0.4, 0.5) is 0 Å². The maximum absolute atomic E-state index is 9.91. The van der Waals surface area contributed by atoms with Gasteiger partial charge in [-0.15, -0.1) is 0 Å². The van der Waals surface area contributed by atoms with E-state index in [2.05, 4.69) is 5.10 Å². The van der Waals surface area contributed by atoms with Gasteiger partial charge in [-0.05, 0) is 25.0 Å². The van der Waals surface area contributed by atoms with Crippen LogP contribution in [-0.4, -0.2) is 20.9 Å². The molecule has 2 aromatic rings. The number of aromatic nitrogens is 2. The summed E-state index contributed by atoms with van der Waals surface area (Å²) >= 11 is 1.55. The molecule has 4 nitrogen and oxygen atoms in total. The minimum absolute atomic E-state index is 0.270. The van der Waals surface area contributed by atoms with Crippen LogP contribution >= 0.6 is 11.3 Å². The molecular formula is C15H19N3OS. The molecule has 0 radical (unpaired) electrons. The summed E-state index contributed by atoms with van der Waals surface area (Å²) in [7, 11) is 1.92. The van der Waals surface area contributed by atoms with E-state index in [4.69, 9.17) is 4.99 Å². The predicted molar refractivity (Wildman–Crippen MR) is 80.6 cm³/mol. The van der Waals surface area contributed by atoms with Crippen molar-refractivity contribution < 1.29 is 5.11 Å². The van der Waals surface area contributed by atoms with Crippen molar-refractivity contribution in [3.63, 3.8) is 0 Å². The van der Waals surface area contributed by atoms with E-state index in [1.54, 1.807) is 17.4 Å². The topological polar surface area (TPSA) is 50.4 Å². The van der Waals surface area contributed by atoms with Crippen molar-refractivity contribution in [3.05, 3.63) is 29.1 Å². The summed E-state index contributed by atoms with van der Waals surface area (Å²) in [6, 6.07) is 7.74. The van der Waals surface area contributed by atoms with Crippen molar-refractivity contribution >= 4 is 11.3 Å². The first-order chi connectivity index (χ1) is 9.74. The highest BCUT2D eigenvalue weighted by molar-refractivity contribution is 7.12. The monoisotopic (exact) mass is 289 g/mol. The first-order valence-corrected chi connectivity index (χ1v) is 7.92. The van der Waals surface area contributed by atoms with Gasteiger partial charge in [-0.1, -0.05) is 42.7 Å². The van der Waals surface area contributed by atoms with Gasteiger partial charge in [0, 0.05) is 7.05 Å². The molecule has 0 aliphatic heterocycles. The molecule has 1 heterocycles. The maximum atomic E-state index is 9.91. The van der Waals surface area contributed by atoms with Gasteiger partial charge in [0.25, 0.3) is 0 Å². The second-order valence-electron chi connectivity index (χ2n) is 5.25. The number of rotatable bonds is 2. The molecule has 106 valence electrons. The van der Waals surface area contributed by atoms with Crippen molar-refractivity contribution in [2.24, 2.45) is 12.0 Å². The molecular weight excluding hydrogens is 270 g/mol. The van der Waals surface area contributed by atoms with Crippen LogP contribution in [0.5, 0.6) is 5.75 Å². The standard InChI is InChI=1S/C15H19N3OS/c1-18-15(16-11-7-3-2-4-8-11)20-14(17-18)12-9-5-6-10-13(12)19/h5-6,9-11,19H,2-4,7-8H2,1H3/b16-15+. The summed E-state index contributed by atoms with van der Waals surface area (Å²) in [5.41, 5.74) is 0.776. The zero-order valence-corrected chi connectivity index (χ0v) is 12.4. The summed E-state index contributed by atoms with van der Waals surface area (Å²) in [4.78, 5) is 5.77. The molecule has 0 atom stereocenters. The van der Waals surface area contributed by atoms with E-state index < -0.39 is 0 Å². The van der Waals surface area contributed by atoms with Crippen LogP contribution in [0.2, 0.25) is 0 Å². The molecule has 1 aliphatic rings. The van der Waals surface area contributed by atoms with Crippen LogP contribution in [-0.2, 0) is 7.05 Å². The lowest BCUT2D eigenvalue weighted by molar-refractivity contribution is 0.434. The lowest BCUT2D eigenvalue weighted by atomic mass is 9.96. The van der Waals surface area contributed by atoms with Gasteiger partial charge < -0.3 is 5.11 Å². The van der Waals surface area contributed by atoms with Crippen molar-refractivity contribution in [2.75, 3.05) is 0 Å². The van der Waals surface area contributed by atoms with Crippen LogP contribution in [0.25, 0.3) is 10.6 Å². The molecule has 1 aromatic carbocycles. The van der Waals surface area contributed by atoms with Crippen LogP contribution < -0.4 is 4.80 Å². The Balaban J connectivity index is 1.95. The highest BCUT2D eigenvalue weighted by Crippen LogP contribution is 2.28. The Kier molecular flexibility index (Phi) is 3.87.